The van der Waals surface area contributed by atoms with E-state index in [-0.39, 0.29) is 17.5 Å². The van der Waals surface area contributed by atoms with Gasteiger partial charge in [-0.05, 0) is 39.3 Å². The normalized spacial score (nSPS) is 19.2. The van der Waals surface area contributed by atoms with E-state index in [0.29, 0.717) is 30.1 Å². The summed E-state index contributed by atoms with van der Waals surface area (Å²) in [5, 5.41) is 7.27. The number of hydrogen-bond acceptors (Lipinski definition) is 5. The molecule has 31 heavy (non-hydrogen) atoms. The first kappa shape index (κ1) is 21.7. The van der Waals surface area contributed by atoms with Crippen LogP contribution in [0.15, 0.2) is 18.2 Å². The molecule has 1 aromatic carbocycles. The van der Waals surface area contributed by atoms with Crippen LogP contribution < -0.4 is 5.32 Å². The smallest absolute Gasteiger partial charge is 0.309 e. The molecule has 2 aliphatic heterocycles. The van der Waals surface area contributed by atoms with Crippen molar-refractivity contribution in [2.24, 2.45) is 5.92 Å². The lowest BCUT2D eigenvalue weighted by Crippen LogP contribution is -2.44. The Hall–Kier alpha value is -2.49. The summed E-state index contributed by atoms with van der Waals surface area (Å²) in [4.78, 5) is 31.6. The third-order valence-corrected chi connectivity index (χ3v) is 5.91. The van der Waals surface area contributed by atoms with E-state index in [1.165, 1.54) is 23.1 Å². The van der Waals surface area contributed by atoms with Crippen LogP contribution in [-0.2, 0) is 19.5 Å². The molecule has 1 N–H and O–H groups in total. The molecular formula is C21H26ClFN6O2. The van der Waals surface area contributed by atoms with Gasteiger partial charge in [-0.2, -0.15) is 5.10 Å². The first-order valence-corrected chi connectivity index (χ1v) is 10.6. The van der Waals surface area contributed by atoms with Crippen LogP contribution in [0.1, 0.15) is 21.7 Å². The highest BCUT2D eigenvalue weighted by Gasteiger charge is 2.36. The van der Waals surface area contributed by atoms with Gasteiger partial charge in [0.05, 0.1) is 22.0 Å². The van der Waals surface area contributed by atoms with E-state index < -0.39 is 11.8 Å². The summed E-state index contributed by atoms with van der Waals surface area (Å²) in [6, 6.07) is 3.34. The number of nitrogens with zero attached hydrogens (tertiary/aromatic N) is 5. The molecule has 3 amide bonds. The fourth-order valence-corrected chi connectivity index (χ4v) is 4.57. The zero-order valence-corrected chi connectivity index (χ0v) is 18.6. The highest BCUT2D eigenvalue weighted by atomic mass is 35.5. The lowest BCUT2D eigenvalue weighted by Gasteiger charge is -2.26. The average molecular weight is 449 g/mol. The number of hydrogen-bond donors (Lipinski definition) is 1. The van der Waals surface area contributed by atoms with E-state index in [1.807, 2.05) is 25.8 Å². The number of aromatic nitrogens is 2. The van der Waals surface area contributed by atoms with Crippen LogP contribution in [0.5, 0.6) is 0 Å². The van der Waals surface area contributed by atoms with Gasteiger partial charge in [-0.25, -0.2) is 9.18 Å². The molecule has 2 aliphatic rings. The summed E-state index contributed by atoms with van der Waals surface area (Å²) in [5.41, 5.74) is 2.45. The Morgan fingerprint density at radius 1 is 1.35 bits per heavy atom. The lowest BCUT2D eigenvalue weighted by atomic mass is 10.0. The number of nitrogens with one attached hydrogen (secondary N) is 1. The second-order valence-corrected chi connectivity index (χ2v) is 8.95. The molecule has 0 radical (unpaired) electrons. The van der Waals surface area contributed by atoms with Crippen molar-refractivity contribution in [1.82, 2.24) is 24.5 Å². The molecule has 8 nitrogen and oxygen atoms in total. The highest BCUT2D eigenvalue weighted by molar-refractivity contribution is 6.31. The van der Waals surface area contributed by atoms with Crippen molar-refractivity contribution in [3.63, 3.8) is 0 Å². The molecular weight excluding hydrogens is 423 g/mol. The molecule has 2 aromatic rings. The Labute approximate surface area is 185 Å². The van der Waals surface area contributed by atoms with E-state index in [0.717, 1.165) is 31.0 Å². The van der Waals surface area contributed by atoms with Crippen LogP contribution in [0.3, 0.4) is 0 Å². The number of urea groups is 1. The van der Waals surface area contributed by atoms with Crippen LogP contribution in [0.2, 0.25) is 5.02 Å². The first-order valence-electron chi connectivity index (χ1n) is 10.2. The van der Waals surface area contributed by atoms with E-state index in [9.17, 15) is 14.0 Å². The van der Waals surface area contributed by atoms with Crippen molar-refractivity contribution in [2.45, 2.75) is 19.5 Å². The van der Waals surface area contributed by atoms with Gasteiger partial charge in [-0.1, -0.05) is 11.6 Å². The van der Waals surface area contributed by atoms with Gasteiger partial charge in [-0.3, -0.25) is 14.4 Å². The Bertz CT molecular complexity index is 1020. The van der Waals surface area contributed by atoms with Crippen LogP contribution in [-0.4, -0.2) is 77.2 Å². The van der Waals surface area contributed by atoms with Gasteiger partial charge in [0, 0.05) is 50.7 Å². The summed E-state index contributed by atoms with van der Waals surface area (Å²) in [6.45, 7) is 3.40. The number of imide groups is 1. The fourth-order valence-electron chi connectivity index (χ4n) is 4.39. The first-order chi connectivity index (χ1) is 14.7. The SMILES string of the molecule is CN(C)CC1CN(C)Cc2c3c(nn2C1)CCN(C(=O)Nc1ccc(F)c(Cl)c1)C3=O. The maximum absolute atomic E-state index is 13.4. The minimum atomic E-state index is -0.572. The maximum atomic E-state index is 13.4. The molecule has 0 saturated heterocycles. The van der Waals surface area contributed by atoms with Crippen molar-refractivity contribution in [1.29, 1.82) is 0 Å². The van der Waals surface area contributed by atoms with Gasteiger partial charge in [0.15, 0.2) is 0 Å². The maximum Gasteiger partial charge on any atom is 0.328 e. The number of carbonyl (C=O) groups excluding carboxylic acids is 2. The average Bonchev–Trinajstić information content (AvgIpc) is 2.94. The number of benzene rings is 1. The number of fused-ring (bicyclic) bond motifs is 3. The zero-order chi connectivity index (χ0) is 22.3. The predicted molar refractivity (Wildman–Crippen MR) is 116 cm³/mol. The number of halogens is 2. The predicted octanol–water partition coefficient (Wildman–Crippen LogP) is 2.53. The molecule has 0 fully saturated rings. The third kappa shape index (κ3) is 4.44. The summed E-state index contributed by atoms with van der Waals surface area (Å²) in [7, 11) is 6.14. The van der Waals surface area contributed by atoms with Crippen molar-refractivity contribution < 1.29 is 14.0 Å². The van der Waals surface area contributed by atoms with Crippen molar-refractivity contribution >= 4 is 29.2 Å². The number of carbonyl (C=O) groups is 2. The van der Waals surface area contributed by atoms with E-state index in [4.69, 9.17) is 16.7 Å². The molecule has 1 atom stereocenters. The Kier molecular flexibility index (Phi) is 6.00. The molecule has 4 rings (SSSR count). The molecule has 0 aliphatic carbocycles. The molecule has 0 bridgehead atoms. The molecule has 1 aromatic heterocycles. The molecule has 0 spiro atoms. The zero-order valence-electron chi connectivity index (χ0n) is 17.9. The molecule has 166 valence electrons. The number of anilines is 1. The standard InChI is InChI=1S/C21H26ClFN6O2/c1-26(2)9-13-10-27(3)12-18-19-17(25-29(18)11-13)6-7-28(20(19)30)21(31)24-14-4-5-16(23)15(22)8-14/h4-5,8,13H,6-7,9-12H2,1-3H3,(H,24,31). The lowest BCUT2D eigenvalue weighted by molar-refractivity contribution is 0.0796. The highest BCUT2D eigenvalue weighted by Crippen LogP contribution is 2.27. The van der Waals surface area contributed by atoms with Crippen molar-refractivity contribution in [3.8, 4) is 0 Å². The summed E-state index contributed by atoms with van der Waals surface area (Å²) >= 11 is 5.79. The number of rotatable bonds is 3. The van der Waals surface area contributed by atoms with Crippen molar-refractivity contribution in [3.05, 3.63) is 46.0 Å². The molecule has 1 unspecified atom stereocenters. The van der Waals surface area contributed by atoms with Gasteiger partial charge in [0.2, 0.25) is 0 Å². The third-order valence-electron chi connectivity index (χ3n) is 5.62. The molecule has 3 heterocycles. The van der Waals surface area contributed by atoms with E-state index >= 15 is 0 Å². The number of amides is 3. The topological polar surface area (TPSA) is 73.7 Å². The van der Waals surface area contributed by atoms with Gasteiger partial charge in [0.1, 0.15) is 5.82 Å². The van der Waals surface area contributed by atoms with E-state index in [2.05, 4.69) is 15.1 Å². The summed E-state index contributed by atoms with van der Waals surface area (Å²) in [5.74, 6) is -0.536. The quantitative estimate of drug-likeness (QED) is 0.781. The molecule has 0 saturated carbocycles. The largest absolute Gasteiger partial charge is 0.328 e. The van der Waals surface area contributed by atoms with Gasteiger partial charge in [0.25, 0.3) is 5.91 Å². The minimum absolute atomic E-state index is 0.0951. The van der Waals surface area contributed by atoms with Crippen LogP contribution in [0, 0.1) is 11.7 Å². The summed E-state index contributed by atoms with van der Waals surface area (Å²) < 4.78 is 15.3. The van der Waals surface area contributed by atoms with Gasteiger partial charge >= 0.3 is 6.03 Å². The Balaban J connectivity index is 1.57. The minimum Gasteiger partial charge on any atom is -0.309 e. The summed E-state index contributed by atoms with van der Waals surface area (Å²) in [6.07, 6.45) is 0.501. The van der Waals surface area contributed by atoms with Crippen LogP contribution in [0.4, 0.5) is 14.9 Å². The van der Waals surface area contributed by atoms with Crippen LogP contribution >= 0.6 is 11.6 Å². The molecule has 10 heteroatoms. The van der Waals surface area contributed by atoms with Gasteiger partial charge in [-0.15, -0.1) is 0 Å². The van der Waals surface area contributed by atoms with Gasteiger partial charge < -0.3 is 15.1 Å². The van der Waals surface area contributed by atoms with E-state index in [1.54, 1.807) is 0 Å². The monoisotopic (exact) mass is 448 g/mol. The van der Waals surface area contributed by atoms with Crippen LogP contribution in [0.25, 0.3) is 0 Å². The van der Waals surface area contributed by atoms with Crippen molar-refractivity contribution in [2.75, 3.05) is 46.1 Å². The Morgan fingerprint density at radius 2 is 2.13 bits per heavy atom. The second-order valence-electron chi connectivity index (χ2n) is 8.54. The Morgan fingerprint density at radius 3 is 2.84 bits per heavy atom. The fraction of sp³-hybridized carbons (Fsp3) is 0.476. The second kappa shape index (κ2) is 8.57.